The number of hydrogen-bond donors (Lipinski definition) is 1. The Morgan fingerprint density at radius 2 is 1.91 bits per heavy atom. The molecule has 3 aromatic rings. The Bertz CT molecular complexity index is 792. The number of carbonyl (C=O) groups excluding carboxylic acids is 1. The average Bonchev–Trinajstić information content (AvgIpc) is 2.96. The van der Waals surface area contributed by atoms with Crippen molar-refractivity contribution in [3.63, 3.8) is 0 Å². The van der Waals surface area contributed by atoms with Crippen molar-refractivity contribution in [3.05, 3.63) is 65.9 Å². The highest BCUT2D eigenvalue weighted by molar-refractivity contribution is 7.98. The SMILES string of the molecule is CSc1ccccc1C(=O)NC(C)Cc1cc2ccccc2o1. The van der Waals surface area contributed by atoms with Gasteiger partial charge in [-0.25, -0.2) is 0 Å². The Hall–Kier alpha value is -2.20. The highest BCUT2D eigenvalue weighted by Crippen LogP contribution is 2.21. The molecule has 0 radical (unpaired) electrons. The molecule has 1 unspecified atom stereocenters. The van der Waals surface area contributed by atoms with E-state index in [1.165, 1.54) is 0 Å². The topological polar surface area (TPSA) is 42.2 Å². The smallest absolute Gasteiger partial charge is 0.252 e. The van der Waals surface area contributed by atoms with Gasteiger partial charge in [-0.3, -0.25) is 4.79 Å². The second kappa shape index (κ2) is 6.92. The molecule has 1 amide bonds. The molecule has 23 heavy (non-hydrogen) atoms. The van der Waals surface area contributed by atoms with Crippen LogP contribution in [-0.2, 0) is 6.42 Å². The highest BCUT2D eigenvalue weighted by atomic mass is 32.2. The maximum absolute atomic E-state index is 12.4. The van der Waals surface area contributed by atoms with Crippen molar-refractivity contribution in [1.82, 2.24) is 5.32 Å². The number of carbonyl (C=O) groups is 1. The van der Waals surface area contributed by atoms with Gasteiger partial charge in [0.2, 0.25) is 0 Å². The molecule has 0 spiro atoms. The molecule has 0 aliphatic carbocycles. The van der Waals surface area contributed by atoms with Crippen LogP contribution in [0.2, 0.25) is 0 Å². The third kappa shape index (κ3) is 3.59. The van der Waals surface area contributed by atoms with Gasteiger partial charge in [0, 0.05) is 22.7 Å². The maximum atomic E-state index is 12.4. The average molecular weight is 325 g/mol. The zero-order valence-electron chi connectivity index (χ0n) is 13.2. The fraction of sp³-hybridized carbons (Fsp3) is 0.211. The summed E-state index contributed by atoms with van der Waals surface area (Å²) in [5, 5.41) is 4.14. The lowest BCUT2D eigenvalue weighted by molar-refractivity contribution is 0.0936. The number of para-hydroxylation sites is 1. The minimum Gasteiger partial charge on any atom is -0.461 e. The van der Waals surface area contributed by atoms with Gasteiger partial charge in [-0.15, -0.1) is 11.8 Å². The molecular weight excluding hydrogens is 306 g/mol. The van der Waals surface area contributed by atoms with Gasteiger partial charge < -0.3 is 9.73 Å². The number of furan rings is 1. The first-order valence-electron chi connectivity index (χ1n) is 7.58. The van der Waals surface area contributed by atoms with Crippen LogP contribution in [0, 0.1) is 0 Å². The van der Waals surface area contributed by atoms with Crippen LogP contribution in [0.3, 0.4) is 0 Å². The molecule has 118 valence electrons. The summed E-state index contributed by atoms with van der Waals surface area (Å²) >= 11 is 1.58. The van der Waals surface area contributed by atoms with E-state index in [9.17, 15) is 4.79 Å². The normalized spacial score (nSPS) is 12.3. The van der Waals surface area contributed by atoms with Crippen LogP contribution in [0.4, 0.5) is 0 Å². The predicted octanol–water partition coefficient (Wildman–Crippen LogP) is 4.52. The number of hydrogen-bond acceptors (Lipinski definition) is 3. The quantitative estimate of drug-likeness (QED) is 0.702. The van der Waals surface area contributed by atoms with Crippen molar-refractivity contribution in [3.8, 4) is 0 Å². The molecule has 0 aliphatic rings. The maximum Gasteiger partial charge on any atom is 0.252 e. The van der Waals surface area contributed by atoms with E-state index in [1.54, 1.807) is 11.8 Å². The third-order valence-corrected chi connectivity index (χ3v) is 4.51. The molecule has 3 rings (SSSR count). The van der Waals surface area contributed by atoms with Crippen LogP contribution in [0.15, 0.2) is 63.9 Å². The largest absolute Gasteiger partial charge is 0.461 e. The summed E-state index contributed by atoms with van der Waals surface area (Å²) < 4.78 is 5.82. The van der Waals surface area contributed by atoms with E-state index in [1.807, 2.05) is 67.8 Å². The van der Waals surface area contributed by atoms with Crippen LogP contribution in [-0.4, -0.2) is 18.2 Å². The lowest BCUT2D eigenvalue weighted by atomic mass is 10.1. The number of thioether (sulfide) groups is 1. The van der Waals surface area contributed by atoms with Gasteiger partial charge in [-0.05, 0) is 37.4 Å². The van der Waals surface area contributed by atoms with Gasteiger partial charge in [0.25, 0.3) is 5.91 Å². The fourth-order valence-electron chi connectivity index (χ4n) is 2.62. The fourth-order valence-corrected chi connectivity index (χ4v) is 3.22. The number of rotatable bonds is 5. The molecule has 1 atom stereocenters. The van der Waals surface area contributed by atoms with Crippen LogP contribution >= 0.6 is 11.8 Å². The van der Waals surface area contributed by atoms with Crippen molar-refractivity contribution >= 4 is 28.6 Å². The Morgan fingerprint density at radius 1 is 1.17 bits per heavy atom. The van der Waals surface area contributed by atoms with E-state index in [-0.39, 0.29) is 11.9 Å². The Morgan fingerprint density at radius 3 is 2.70 bits per heavy atom. The lowest BCUT2D eigenvalue weighted by Gasteiger charge is -2.14. The van der Waals surface area contributed by atoms with E-state index in [2.05, 4.69) is 5.32 Å². The van der Waals surface area contributed by atoms with Crippen molar-refractivity contribution in [2.24, 2.45) is 0 Å². The molecule has 0 fully saturated rings. The summed E-state index contributed by atoms with van der Waals surface area (Å²) in [6.45, 7) is 1.99. The van der Waals surface area contributed by atoms with Crippen molar-refractivity contribution < 1.29 is 9.21 Å². The van der Waals surface area contributed by atoms with Gasteiger partial charge >= 0.3 is 0 Å². The van der Waals surface area contributed by atoms with Crippen molar-refractivity contribution in [1.29, 1.82) is 0 Å². The second-order valence-corrected chi connectivity index (χ2v) is 6.38. The lowest BCUT2D eigenvalue weighted by Crippen LogP contribution is -2.34. The molecule has 0 saturated heterocycles. The Balaban J connectivity index is 1.69. The Kier molecular flexibility index (Phi) is 4.72. The van der Waals surface area contributed by atoms with E-state index < -0.39 is 0 Å². The predicted molar refractivity (Wildman–Crippen MR) is 95.1 cm³/mol. The minimum absolute atomic E-state index is 0.00188. The zero-order valence-corrected chi connectivity index (χ0v) is 14.0. The molecular formula is C19H19NO2S. The number of amides is 1. The van der Waals surface area contributed by atoms with Gasteiger partial charge in [-0.1, -0.05) is 30.3 Å². The van der Waals surface area contributed by atoms with Gasteiger partial charge in [-0.2, -0.15) is 0 Å². The third-order valence-electron chi connectivity index (χ3n) is 3.71. The first-order chi connectivity index (χ1) is 11.2. The highest BCUT2D eigenvalue weighted by Gasteiger charge is 2.15. The molecule has 0 bridgehead atoms. The molecule has 0 saturated carbocycles. The summed E-state index contributed by atoms with van der Waals surface area (Å²) in [4.78, 5) is 13.4. The van der Waals surface area contributed by atoms with Crippen molar-refractivity contribution in [2.45, 2.75) is 24.3 Å². The van der Waals surface area contributed by atoms with E-state index in [0.717, 1.165) is 27.2 Å². The number of fused-ring (bicyclic) bond motifs is 1. The van der Waals surface area contributed by atoms with Crippen LogP contribution in [0.1, 0.15) is 23.0 Å². The molecule has 0 aliphatic heterocycles. The first-order valence-corrected chi connectivity index (χ1v) is 8.81. The number of nitrogens with one attached hydrogen (secondary N) is 1. The summed E-state index contributed by atoms with van der Waals surface area (Å²) in [5.41, 5.74) is 1.60. The summed E-state index contributed by atoms with van der Waals surface area (Å²) in [5.74, 6) is 0.843. The standard InChI is InChI=1S/C19H19NO2S/c1-13(11-15-12-14-7-3-5-9-17(14)22-15)20-19(21)16-8-4-6-10-18(16)23-2/h3-10,12-13H,11H2,1-2H3,(H,20,21). The van der Waals surface area contributed by atoms with Gasteiger partial charge in [0.1, 0.15) is 11.3 Å². The summed E-state index contributed by atoms with van der Waals surface area (Å²) in [6, 6.07) is 17.6. The van der Waals surface area contributed by atoms with E-state index in [0.29, 0.717) is 6.42 Å². The molecule has 1 N–H and O–H groups in total. The summed E-state index contributed by atoms with van der Waals surface area (Å²) in [6.07, 6.45) is 2.64. The second-order valence-electron chi connectivity index (χ2n) is 5.53. The Labute approximate surface area is 140 Å². The zero-order chi connectivity index (χ0) is 16.2. The van der Waals surface area contributed by atoms with Crippen LogP contribution in [0.5, 0.6) is 0 Å². The van der Waals surface area contributed by atoms with E-state index >= 15 is 0 Å². The molecule has 3 nitrogen and oxygen atoms in total. The summed E-state index contributed by atoms with van der Waals surface area (Å²) in [7, 11) is 0. The van der Waals surface area contributed by atoms with Gasteiger partial charge in [0.05, 0.1) is 5.56 Å². The van der Waals surface area contributed by atoms with Crippen LogP contribution in [0.25, 0.3) is 11.0 Å². The molecule has 2 aromatic carbocycles. The molecule has 4 heteroatoms. The van der Waals surface area contributed by atoms with Crippen molar-refractivity contribution in [2.75, 3.05) is 6.26 Å². The first kappa shape index (κ1) is 15.7. The van der Waals surface area contributed by atoms with E-state index in [4.69, 9.17) is 4.42 Å². The minimum atomic E-state index is -0.0430. The van der Waals surface area contributed by atoms with Crippen LogP contribution < -0.4 is 5.32 Å². The molecule has 1 heterocycles. The number of benzene rings is 2. The monoisotopic (exact) mass is 325 g/mol. The van der Waals surface area contributed by atoms with Gasteiger partial charge in [0.15, 0.2) is 0 Å². The molecule has 1 aromatic heterocycles.